The Labute approximate surface area is 120 Å². The molecule has 0 bridgehead atoms. The summed E-state index contributed by atoms with van der Waals surface area (Å²) >= 11 is 0. The van der Waals surface area contributed by atoms with Crippen LogP contribution in [0.25, 0.3) is 0 Å². The number of hydrogen-bond donors (Lipinski definition) is 2. The fourth-order valence-electron chi connectivity index (χ4n) is 2.40. The van der Waals surface area contributed by atoms with Gasteiger partial charge in [-0.05, 0) is 37.1 Å². The zero-order valence-corrected chi connectivity index (χ0v) is 12.2. The zero-order valence-electron chi connectivity index (χ0n) is 12.2. The number of nitrogens with one attached hydrogen (secondary N) is 1. The Balaban J connectivity index is 2.34. The molecule has 2 rings (SSSR count). The maximum absolute atomic E-state index is 9.86. The molecule has 0 radical (unpaired) electrons. The van der Waals surface area contributed by atoms with Gasteiger partial charge in [-0.25, -0.2) is 0 Å². The summed E-state index contributed by atoms with van der Waals surface area (Å²) in [6.07, 6.45) is 0. The van der Waals surface area contributed by atoms with E-state index in [9.17, 15) is 5.11 Å². The van der Waals surface area contributed by atoms with Crippen LogP contribution in [-0.4, -0.2) is 18.8 Å². The molecule has 106 valence electrons. The second kappa shape index (κ2) is 5.97. The Bertz CT molecular complexity index is 583. The molecular weight excluding hydrogens is 250 g/mol. The molecule has 0 saturated heterocycles. The summed E-state index contributed by atoms with van der Waals surface area (Å²) in [6, 6.07) is 15.8. The summed E-state index contributed by atoms with van der Waals surface area (Å²) in [5.41, 5.74) is 2.63. The number of rotatable bonds is 5. The second-order valence-corrected chi connectivity index (χ2v) is 5.16. The molecule has 0 aromatic heterocycles. The lowest BCUT2D eigenvalue weighted by Gasteiger charge is -2.32. The maximum atomic E-state index is 9.86. The van der Waals surface area contributed by atoms with Crippen LogP contribution in [0.5, 0.6) is 5.75 Å². The number of ether oxygens (including phenoxy) is 1. The molecule has 3 heteroatoms. The van der Waals surface area contributed by atoms with Gasteiger partial charge in [0, 0.05) is 11.8 Å². The quantitative estimate of drug-likeness (QED) is 0.876. The first-order valence-electron chi connectivity index (χ1n) is 6.68. The standard InChI is InChI=1S/C17H21NO2/c1-13-7-4-5-10-16(13)17(2,12-19)18-14-8-6-9-15(11-14)20-3/h4-11,18-19H,12H2,1-3H3. The molecule has 0 aliphatic carbocycles. The molecule has 3 nitrogen and oxygen atoms in total. The van der Waals surface area contributed by atoms with E-state index < -0.39 is 5.54 Å². The normalized spacial score (nSPS) is 13.6. The highest BCUT2D eigenvalue weighted by atomic mass is 16.5. The average Bonchev–Trinajstić information content (AvgIpc) is 2.47. The number of methoxy groups -OCH3 is 1. The Kier molecular flexibility index (Phi) is 4.30. The summed E-state index contributed by atoms with van der Waals surface area (Å²) in [7, 11) is 1.64. The topological polar surface area (TPSA) is 41.5 Å². The number of hydrogen-bond acceptors (Lipinski definition) is 3. The molecule has 0 fully saturated rings. The molecule has 0 aliphatic rings. The summed E-state index contributed by atoms with van der Waals surface area (Å²) in [5, 5.41) is 13.3. The highest BCUT2D eigenvalue weighted by Gasteiger charge is 2.27. The Morgan fingerprint density at radius 1 is 1.15 bits per heavy atom. The molecule has 20 heavy (non-hydrogen) atoms. The van der Waals surface area contributed by atoms with Crippen LogP contribution in [0.15, 0.2) is 48.5 Å². The molecule has 1 atom stereocenters. The van der Waals surface area contributed by atoms with Crippen LogP contribution in [0.1, 0.15) is 18.1 Å². The van der Waals surface area contributed by atoms with Gasteiger partial charge in [0.15, 0.2) is 0 Å². The van der Waals surface area contributed by atoms with Crippen LogP contribution in [0, 0.1) is 6.92 Å². The number of anilines is 1. The summed E-state index contributed by atoms with van der Waals surface area (Å²) < 4.78 is 5.23. The first-order valence-corrected chi connectivity index (χ1v) is 6.68. The van der Waals surface area contributed by atoms with E-state index in [0.717, 1.165) is 22.6 Å². The van der Waals surface area contributed by atoms with Gasteiger partial charge in [-0.1, -0.05) is 30.3 Å². The van der Waals surface area contributed by atoms with Gasteiger partial charge >= 0.3 is 0 Å². The van der Waals surface area contributed by atoms with Gasteiger partial charge in [-0.15, -0.1) is 0 Å². The predicted molar refractivity (Wildman–Crippen MR) is 82.2 cm³/mol. The highest BCUT2D eigenvalue weighted by Crippen LogP contribution is 2.29. The molecular formula is C17H21NO2. The van der Waals surface area contributed by atoms with E-state index in [-0.39, 0.29) is 6.61 Å². The van der Waals surface area contributed by atoms with E-state index in [1.807, 2.05) is 49.4 Å². The van der Waals surface area contributed by atoms with Crippen molar-refractivity contribution in [2.45, 2.75) is 19.4 Å². The van der Waals surface area contributed by atoms with Crippen molar-refractivity contribution in [2.24, 2.45) is 0 Å². The summed E-state index contributed by atoms with van der Waals surface area (Å²) in [5.74, 6) is 0.792. The largest absolute Gasteiger partial charge is 0.497 e. The third kappa shape index (κ3) is 2.94. The third-order valence-corrected chi connectivity index (χ3v) is 3.55. The van der Waals surface area contributed by atoms with Gasteiger partial charge in [0.1, 0.15) is 5.75 Å². The highest BCUT2D eigenvalue weighted by molar-refractivity contribution is 5.52. The lowest BCUT2D eigenvalue weighted by Crippen LogP contribution is -2.36. The lowest BCUT2D eigenvalue weighted by atomic mass is 9.89. The minimum absolute atomic E-state index is 0.00899. The smallest absolute Gasteiger partial charge is 0.120 e. The van der Waals surface area contributed by atoms with Crippen molar-refractivity contribution in [1.29, 1.82) is 0 Å². The zero-order chi connectivity index (χ0) is 14.6. The first-order chi connectivity index (χ1) is 9.59. The van der Waals surface area contributed by atoms with E-state index in [2.05, 4.69) is 18.3 Å². The van der Waals surface area contributed by atoms with Crippen LogP contribution in [0.4, 0.5) is 5.69 Å². The van der Waals surface area contributed by atoms with E-state index >= 15 is 0 Å². The average molecular weight is 271 g/mol. The van der Waals surface area contributed by atoms with Crippen LogP contribution in [-0.2, 0) is 5.54 Å². The van der Waals surface area contributed by atoms with Gasteiger partial charge in [0.25, 0.3) is 0 Å². The summed E-state index contributed by atoms with van der Waals surface area (Å²) in [4.78, 5) is 0. The Morgan fingerprint density at radius 3 is 2.55 bits per heavy atom. The molecule has 0 spiro atoms. The minimum atomic E-state index is -0.530. The van der Waals surface area contributed by atoms with Gasteiger partial charge < -0.3 is 15.2 Å². The fraction of sp³-hybridized carbons (Fsp3) is 0.294. The molecule has 2 aromatic rings. The van der Waals surface area contributed by atoms with Crippen LogP contribution in [0.2, 0.25) is 0 Å². The van der Waals surface area contributed by atoms with E-state index in [1.54, 1.807) is 7.11 Å². The van der Waals surface area contributed by atoms with Gasteiger partial charge in [-0.3, -0.25) is 0 Å². The van der Waals surface area contributed by atoms with Gasteiger partial charge in [0.2, 0.25) is 0 Å². The van der Waals surface area contributed by atoms with E-state index in [1.165, 1.54) is 0 Å². The van der Waals surface area contributed by atoms with Crippen LogP contribution < -0.4 is 10.1 Å². The van der Waals surface area contributed by atoms with Crippen molar-refractivity contribution in [3.05, 3.63) is 59.7 Å². The van der Waals surface area contributed by atoms with Gasteiger partial charge in [0.05, 0.1) is 19.3 Å². The Morgan fingerprint density at radius 2 is 1.90 bits per heavy atom. The van der Waals surface area contributed by atoms with Crippen LogP contribution in [0.3, 0.4) is 0 Å². The summed E-state index contributed by atoms with van der Waals surface area (Å²) in [6.45, 7) is 4.06. The molecule has 1 unspecified atom stereocenters. The SMILES string of the molecule is COc1cccc(NC(C)(CO)c2ccccc2C)c1. The van der Waals surface area contributed by atoms with E-state index in [0.29, 0.717) is 0 Å². The second-order valence-electron chi connectivity index (χ2n) is 5.16. The third-order valence-electron chi connectivity index (χ3n) is 3.55. The fourth-order valence-corrected chi connectivity index (χ4v) is 2.40. The van der Waals surface area contributed by atoms with Crippen molar-refractivity contribution in [3.8, 4) is 5.75 Å². The minimum Gasteiger partial charge on any atom is -0.497 e. The van der Waals surface area contributed by atoms with Gasteiger partial charge in [-0.2, -0.15) is 0 Å². The number of aryl methyl sites for hydroxylation is 1. The maximum Gasteiger partial charge on any atom is 0.120 e. The molecule has 2 aromatic carbocycles. The molecule has 2 N–H and O–H groups in total. The van der Waals surface area contributed by atoms with Crippen molar-refractivity contribution in [1.82, 2.24) is 0 Å². The number of aliphatic hydroxyl groups excluding tert-OH is 1. The first kappa shape index (κ1) is 14.4. The monoisotopic (exact) mass is 271 g/mol. The molecule has 0 heterocycles. The van der Waals surface area contributed by atoms with E-state index in [4.69, 9.17) is 4.74 Å². The molecule has 0 saturated carbocycles. The van der Waals surface area contributed by atoms with Crippen molar-refractivity contribution in [3.63, 3.8) is 0 Å². The molecule has 0 amide bonds. The number of aliphatic hydroxyl groups is 1. The van der Waals surface area contributed by atoms with Crippen molar-refractivity contribution < 1.29 is 9.84 Å². The lowest BCUT2D eigenvalue weighted by molar-refractivity contribution is 0.223. The van der Waals surface area contributed by atoms with Crippen molar-refractivity contribution in [2.75, 3.05) is 19.0 Å². The predicted octanol–water partition coefficient (Wildman–Crippen LogP) is 3.32. The van der Waals surface area contributed by atoms with Crippen molar-refractivity contribution >= 4 is 5.69 Å². The molecule has 0 aliphatic heterocycles. The number of benzene rings is 2. The Hall–Kier alpha value is -2.00. The van der Waals surface area contributed by atoms with Crippen LogP contribution >= 0.6 is 0 Å².